The average molecular weight is 428 g/mol. The highest BCUT2D eigenvalue weighted by atomic mass is 32.2. The van der Waals surface area contributed by atoms with Crippen molar-refractivity contribution in [2.45, 2.75) is 25.4 Å². The number of nitrogens with one attached hydrogen (secondary N) is 3. The van der Waals surface area contributed by atoms with E-state index in [0.717, 1.165) is 55.6 Å². The number of H-pyrrole nitrogens is 1. The fourth-order valence-corrected chi connectivity index (χ4v) is 4.34. The lowest BCUT2D eigenvalue weighted by atomic mass is 10.0. The summed E-state index contributed by atoms with van der Waals surface area (Å²) in [6, 6.07) is 14.7. The molecule has 0 atom stereocenters. The molecule has 1 aliphatic rings. The van der Waals surface area contributed by atoms with E-state index in [1.807, 2.05) is 24.3 Å². The molecule has 0 bridgehead atoms. The number of rotatable bonds is 6. The third-order valence-electron chi connectivity index (χ3n) is 5.20. The van der Waals surface area contributed by atoms with E-state index < -0.39 is 10.0 Å². The molecule has 3 aromatic rings. The largest absolute Gasteiger partial charge is 0.349 e. The minimum atomic E-state index is -3.46. The van der Waals surface area contributed by atoms with Crippen LogP contribution in [-0.4, -0.2) is 54.6 Å². The molecule has 0 spiro atoms. The maximum atomic E-state index is 12.7. The van der Waals surface area contributed by atoms with Crippen molar-refractivity contribution in [2.75, 3.05) is 24.1 Å². The third-order valence-corrected chi connectivity index (χ3v) is 5.79. The predicted octanol–water partition coefficient (Wildman–Crippen LogP) is 2.33. The molecule has 9 heteroatoms. The number of benzene rings is 2. The van der Waals surface area contributed by atoms with Crippen molar-refractivity contribution >= 4 is 32.7 Å². The van der Waals surface area contributed by atoms with E-state index in [0.29, 0.717) is 11.3 Å². The Kier molecular flexibility index (Phi) is 5.74. The summed E-state index contributed by atoms with van der Waals surface area (Å²) in [6.07, 6.45) is 2.72. The summed E-state index contributed by atoms with van der Waals surface area (Å²) in [6.45, 7) is 2.45. The van der Waals surface area contributed by atoms with Gasteiger partial charge in [0, 0.05) is 19.1 Å². The molecule has 1 fully saturated rings. The Labute approximate surface area is 175 Å². The van der Waals surface area contributed by atoms with Gasteiger partial charge in [0.2, 0.25) is 10.0 Å². The number of carbonyl (C=O) groups excluding carboxylic acids is 1. The molecule has 1 amide bonds. The second-order valence-corrected chi connectivity index (χ2v) is 9.39. The number of imidazole rings is 1. The number of para-hydroxylation sites is 3. The van der Waals surface area contributed by atoms with Gasteiger partial charge in [0.15, 0.2) is 0 Å². The smallest absolute Gasteiger partial charge is 0.253 e. The van der Waals surface area contributed by atoms with Crippen LogP contribution >= 0.6 is 0 Å². The number of nitrogens with zero attached hydrogens (tertiary/aromatic N) is 2. The Hall–Kier alpha value is -2.91. The molecule has 4 rings (SSSR count). The lowest BCUT2D eigenvalue weighted by Crippen LogP contribution is -2.44. The van der Waals surface area contributed by atoms with Crippen LogP contribution in [-0.2, 0) is 16.6 Å². The Morgan fingerprint density at radius 1 is 1.13 bits per heavy atom. The fraction of sp³-hybridized carbons (Fsp3) is 0.333. The first-order valence-corrected chi connectivity index (χ1v) is 11.8. The van der Waals surface area contributed by atoms with Crippen molar-refractivity contribution in [3.05, 3.63) is 59.9 Å². The van der Waals surface area contributed by atoms with Gasteiger partial charge in [-0.3, -0.25) is 14.4 Å². The van der Waals surface area contributed by atoms with E-state index in [1.54, 1.807) is 24.3 Å². The first-order chi connectivity index (χ1) is 14.4. The van der Waals surface area contributed by atoms with Crippen molar-refractivity contribution < 1.29 is 13.2 Å². The number of hydrogen-bond donors (Lipinski definition) is 3. The van der Waals surface area contributed by atoms with E-state index in [9.17, 15) is 13.2 Å². The molecule has 30 heavy (non-hydrogen) atoms. The zero-order chi connectivity index (χ0) is 21.1. The molecular weight excluding hydrogens is 402 g/mol. The van der Waals surface area contributed by atoms with Crippen LogP contribution in [0.4, 0.5) is 5.69 Å². The highest BCUT2D eigenvalue weighted by Gasteiger charge is 2.23. The molecule has 1 saturated heterocycles. The van der Waals surface area contributed by atoms with Crippen LogP contribution in [0.25, 0.3) is 11.0 Å². The monoisotopic (exact) mass is 427 g/mol. The number of fused-ring (bicyclic) bond motifs is 1. The van der Waals surface area contributed by atoms with Gasteiger partial charge in [0.05, 0.1) is 35.1 Å². The summed E-state index contributed by atoms with van der Waals surface area (Å²) < 4.78 is 25.5. The summed E-state index contributed by atoms with van der Waals surface area (Å²) in [5.41, 5.74) is 2.62. The van der Waals surface area contributed by atoms with E-state index in [1.165, 1.54) is 0 Å². The second-order valence-electron chi connectivity index (χ2n) is 7.64. The van der Waals surface area contributed by atoms with Crippen LogP contribution in [0.1, 0.15) is 29.0 Å². The Morgan fingerprint density at radius 3 is 2.57 bits per heavy atom. The molecule has 2 heterocycles. The molecule has 1 aliphatic heterocycles. The highest BCUT2D eigenvalue weighted by Crippen LogP contribution is 2.19. The predicted molar refractivity (Wildman–Crippen MR) is 117 cm³/mol. The fourth-order valence-electron chi connectivity index (χ4n) is 3.76. The SMILES string of the molecule is CS(=O)(=O)Nc1ccccc1C(=O)NC1CCN(Cc2nc3ccccc3[nH]2)CC1. The van der Waals surface area contributed by atoms with Gasteiger partial charge in [-0.1, -0.05) is 24.3 Å². The van der Waals surface area contributed by atoms with Crippen LogP contribution in [0.3, 0.4) is 0 Å². The van der Waals surface area contributed by atoms with Crippen molar-refractivity contribution in [1.82, 2.24) is 20.2 Å². The second kappa shape index (κ2) is 8.45. The first kappa shape index (κ1) is 20.4. The number of likely N-dealkylation sites (tertiary alicyclic amines) is 1. The Balaban J connectivity index is 1.33. The molecule has 1 aromatic heterocycles. The number of amides is 1. The van der Waals surface area contributed by atoms with Crippen molar-refractivity contribution in [3.63, 3.8) is 0 Å². The number of aromatic nitrogens is 2. The van der Waals surface area contributed by atoms with Gasteiger partial charge in [0.1, 0.15) is 5.82 Å². The van der Waals surface area contributed by atoms with E-state index >= 15 is 0 Å². The van der Waals surface area contributed by atoms with Crippen LogP contribution in [0, 0.1) is 0 Å². The summed E-state index contributed by atoms with van der Waals surface area (Å²) in [5.74, 6) is 0.678. The van der Waals surface area contributed by atoms with Crippen LogP contribution in [0.2, 0.25) is 0 Å². The third kappa shape index (κ3) is 4.98. The first-order valence-electron chi connectivity index (χ1n) is 9.91. The van der Waals surface area contributed by atoms with E-state index in [4.69, 9.17) is 0 Å². The normalized spacial score (nSPS) is 15.9. The summed E-state index contributed by atoms with van der Waals surface area (Å²) in [4.78, 5) is 23.0. The van der Waals surface area contributed by atoms with Crippen LogP contribution in [0.5, 0.6) is 0 Å². The number of piperidine rings is 1. The van der Waals surface area contributed by atoms with Gasteiger partial charge in [-0.25, -0.2) is 13.4 Å². The van der Waals surface area contributed by atoms with Crippen molar-refractivity contribution in [2.24, 2.45) is 0 Å². The number of hydrogen-bond acceptors (Lipinski definition) is 5. The van der Waals surface area contributed by atoms with Crippen LogP contribution < -0.4 is 10.0 Å². The van der Waals surface area contributed by atoms with Crippen molar-refractivity contribution in [1.29, 1.82) is 0 Å². The quantitative estimate of drug-likeness (QED) is 0.560. The van der Waals surface area contributed by atoms with Gasteiger partial charge in [-0.2, -0.15) is 0 Å². The van der Waals surface area contributed by atoms with E-state index in [-0.39, 0.29) is 11.9 Å². The minimum absolute atomic E-state index is 0.0516. The molecular formula is C21H25N5O3S. The lowest BCUT2D eigenvalue weighted by molar-refractivity contribution is 0.0909. The lowest BCUT2D eigenvalue weighted by Gasteiger charge is -2.31. The van der Waals surface area contributed by atoms with Gasteiger partial charge >= 0.3 is 0 Å². The van der Waals surface area contributed by atoms with E-state index in [2.05, 4.69) is 24.9 Å². The molecule has 158 valence electrons. The topological polar surface area (TPSA) is 107 Å². The maximum Gasteiger partial charge on any atom is 0.253 e. The molecule has 3 N–H and O–H groups in total. The molecule has 0 saturated carbocycles. The zero-order valence-electron chi connectivity index (χ0n) is 16.8. The molecule has 0 radical (unpaired) electrons. The highest BCUT2D eigenvalue weighted by molar-refractivity contribution is 7.92. The summed E-state index contributed by atoms with van der Waals surface area (Å²) in [7, 11) is -3.46. The Bertz CT molecular complexity index is 1120. The average Bonchev–Trinajstić information content (AvgIpc) is 3.11. The van der Waals surface area contributed by atoms with Gasteiger partial charge < -0.3 is 10.3 Å². The van der Waals surface area contributed by atoms with Gasteiger partial charge in [0.25, 0.3) is 5.91 Å². The molecule has 0 aliphatic carbocycles. The molecule has 8 nitrogen and oxygen atoms in total. The van der Waals surface area contributed by atoms with Crippen molar-refractivity contribution in [3.8, 4) is 0 Å². The van der Waals surface area contributed by atoms with Gasteiger partial charge in [-0.15, -0.1) is 0 Å². The number of anilines is 1. The Morgan fingerprint density at radius 2 is 1.83 bits per heavy atom. The zero-order valence-corrected chi connectivity index (χ0v) is 17.6. The number of carbonyl (C=O) groups is 1. The number of aromatic amines is 1. The maximum absolute atomic E-state index is 12.7. The number of sulfonamides is 1. The summed E-state index contributed by atoms with van der Waals surface area (Å²) in [5, 5.41) is 3.04. The minimum Gasteiger partial charge on any atom is -0.349 e. The van der Waals surface area contributed by atoms with Crippen LogP contribution in [0.15, 0.2) is 48.5 Å². The van der Waals surface area contributed by atoms with Gasteiger partial charge in [-0.05, 0) is 37.1 Å². The summed E-state index contributed by atoms with van der Waals surface area (Å²) >= 11 is 0. The standard InChI is InChI=1S/C21H25N5O3S/c1-30(28,29)25-17-7-3-2-6-16(17)21(27)22-15-10-12-26(13-11-15)14-20-23-18-8-4-5-9-19(18)24-20/h2-9,15,25H,10-14H2,1H3,(H,22,27)(H,23,24). The molecule has 0 unspecified atom stereocenters. The molecule has 2 aromatic carbocycles.